The number of carbonyl (C=O) groups is 1. The number of anilines is 2. The van der Waals surface area contributed by atoms with Gasteiger partial charge >= 0.3 is 0 Å². The minimum atomic E-state index is -0.340. The quantitative estimate of drug-likeness (QED) is 0.912. The van der Waals surface area contributed by atoms with Crippen LogP contribution in [0.15, 0.2) is 36.4 Å². The van der Waals surface area contributed by atoms with Crippen LogP contribution in [-0.2, 0) is 4.79 Å². The van der Waals surface area contributed by atoms with Crippen molar-refractivity contribution in [2.45, 2.75) is 20.8 Å². The summed E-state index contributed by atoms with van der Waals surface area (Å²) in [5.74, 6) is -0.438. The van der Waals surface area contributed by atoms with Gasteiger partial charge in [0.15, 0.2) is 0 Å². The summed E-state index contributed by atoms with van der Waals surface area (Å²) in [6, 6.07) is 11.0. The Balaban J connectivity index is 1.53. The molecule has 1 N–H and O–H groups in total. The third-order valence-corrected chi connectivity index (χ3v) is 4.91. The van der Waals surface area contributed by atoms with Crippen molar-refractivity contribution in [3.8, 4) is 0 Å². The molecule has 0 atom stereocenters. The summed E-state index contributed by atoms with van der Waals surface area (Å²) in [7, 11) is 0. The molecular formula is C21H26FN3O. The second-order valence-corrected chi connectivity index (χ2v) is 7.06. The molecule has 4 nitrogen and oxygen atoms in total. The van der Waals surface area contributed by atoms with Gasteiger partial charge in [-0.3, -0.25) is 9.69 Å². The number of amides is 1. The number of nitrogens with zero attached hydrogens (tertiary/aromatic N) is 2. The lowest BCUT2D eigenvalue weighted by Gasteiger charge is -2.36. The molecule has 2 aromatic rings. The largest absolute Gasteiger partial charge is 0.369 e. The molecule has 1 heterocycles. The molecule has 1 aliphatic rings. The molecule has 0 radical (unpaired) electrons. The summed E-state index contributed by atoms with van der Waals surface area (Å²) in [5.41, 5.74) is 5.24. The average Bonchev–Trinajstić information content (AvgIpc) is 2.59. The van der Waals surface area contributed by atoms with Gasteiger partial charge in [-0.15, -0.1) is 0 Å². The summed E-state index contributed by atoms with van der Waals surface area (Å²) in [5, 5.41) is 2.82. The van der Waals surface area contributed by atoms with Gasteiger partial charge < -0.3 is 10.2 Å². The molecule has 3 rings (SSSR count). The van der Waals surface area contributed by atoms with Gasteiger partial charge in [-0.25, -0.2) is 4.39 Å². The average molecular weight is 355 g/mol. The van der Waals surface area contributed by atoms with Crippen LogP contribution in [0, 0.1) is 26.6 Å². The van der Waals surface area contributed by atoms with E-state index in [2.05, 4.69) is 47.2 Å². The number of hydrogen-bond acceptors (Lipinski definition) is 3. The van der Waals surface area contributed by atoms with Crippen molar-refractivity contribution in [3.63, 3.8) is 0 Å². The fourth-order valence-electron chi connectivity index (χ4n) is 3.43. The molecule has 1 fully saturated rings. The maximum atomic E-state index is 13.4. The van der Waals surface area contributed by atoms with E-state index in [1.807, 2.05) is 6.92 Å². The molecule has 0 aromatic heterocycles. The molecule has 26 heavy (non-hydrogen) atoms. The van der Waals surface area contributed by atoms with Crippen molar-refractivity contribution in [1.82, 2.24) is 4.90 Å². The number of aryl methyl sites for hydroxylation is 3. The minimum Gasteiger partial charge on any atom is -0.369 e. The first kappa shape index (κ1) is 18.4. The van der Waals surface area contributed by atoms with Crippen LogP contribution in [0.5, 0.6) is 0 Å². The highest BCUT2D eigenvalue weighted by molar-refractivity contribution is 5.93. The number of halogens is 1. The Morgan fingerprint density at radius 2 is 1.73 bits per heavy atom. The number of carbonyl (C=O) groups excluding carboxylic acids is 1. The molecule has 1 aliphatic heterocycles. The summed E-state index contributed by atoms with van der Waals surface area (Å²) >= 11 is 0. The number of piperazine rings is 1. The molecule has 0 bridgehead atoms. The summed E-state index contributed by atoms with van der Waals surface area (Å²) in [6.45, 7) is 9.91. The van der Waals surface area contributed by atoms with E-state index in [9.17, 15) is 9.18 Å². The van der Waals surface area contributed by atoms with E-state index < -0.39 is 0 Å². The number of benzene rings is 2. The lowest BCUT2D eigenvalue weighted by Crippen LogP contribution is -2.48. The highest BCUT2D eigenvalue weighted by Crippen LogP contribution is 2.22. The molecular weight excluding hydrogens is 329 g/mol. The van der Waals surface area contributed by atoms with Crippen LogP contribution >= 0.6 is 0 Å². The first-order chi connectivity index (χ1) is 12.4. The highest BCUT2D eigenvalue weighted by atomic mass is 19.1. The Morgan fingerprint density at radius 1 is 1.00 bits per heavy atom. The Hall–Kier alpha value is -2.40. The summed E-state index contributed by atoms with van der Waals surface area (Å²) in [4.78, 5) is 16.8. The standard InChI is InChI=1S/C21H26FN3O/c1-15-4-7-20(17(3)12-15)25-10-8-24(9-11-25)14-21(26)23-19-13-18(22)6-5-16(19)2/h4-7,12-13H,8-11,14H2,1-3H3,(H,23,26). The van der Waals surface area contributed by atoms with E-state index >= 15 is 0 Å². The molecule has 1 saturated heterocycles. The van der Waals surface area contributed by atoms with Crippen LogP contribution in [0.3, 0.4) is 0 Å². The Labute approximate surface area is 154 Å². The molecule has 1 amide bonds. The Morgan fingerprint density at radius 3 is 2.42 bits per heavy atom. The monoisotopic (exact) mass is 355 g/mol. The number of rotatable bonds is 4. The van der Waals surface area contributed by atoms with Gasteiger partial charge in [0, 0.05) is 37.6 Å². The van der Waals surface area contributed by atoms with E-state index in [1.54, 1.807) is 6.07 Å². The zero-order valence-corrected chi connectivity index (χ0v) is 15.7. The third kappa shape index (κ3) is 4.41. The predicted octanol–water partition coefficient (Wildman–Crippen LogP) is 3.51. The second-order valence-electron chi connectivity index (χ2n) is 7.06. The van der Waals surface area contributed by atoms with Crippen molar-refractivity contribution in [1.29, 1.82) is 0 Å². The lowest BCUT2D eigenvalue weighted by atomic mass is 10.1. The molecule has 2 aromatic carbocycles. The normalized spacial score (nSPS) is 15.2. The molecule has 5 heteroatoms. The van der Waals surface area contributed by atoms with Gasteiger partial charge in [-0.05, 0) is 50.1 Å². The van der Waals surface area contributed by atoms with Crippen LogP contribution in [0.2, 0.25) is 0 Å². The highest BCUT2D eigenvalue weighted by Gasteiger charge is 2.20. The SMILES string of the molecule is Cc1ccc(N2CCN(CC(=O)Nc3cc(F)ccc3C)CC2)c(C)c1. The molecule has 0 unspecified atom stereocenters. The third-order valence-electron chi connectivity index (χ3n) is 4.91. The lowest BCUT2D eigenvalue weighted by molar-refractivity contribution is -0.117. The van der Waals surface area contributed by atoms with Crippen molar-refractivity contribution < 1.29 is 9.18 Å². The van der Waals surface area contributed by atoms with Crippen LogP contribution in [0.25, 0.3) is 0 Å². The zero-order chi connectivity index (χ0) is 18.7. The van der Waals surface area contributed by atoms with Crippen LogP contribution < -0.4 is 10.2 Å². The van der Waals surface area contributed by atoms with Gasteiger partial charge in [0.05, 0.1) is 6.54 Å². The fourth-order valence-corrected chi connectivity index (χ4v) is 3.43. The van der Waals surface area contributed by atoms with Gasteiger partial charge in [0.2, 0.25) is 5.91 Å². The van der Waals surface area contributed by atoms with Gasteiger partial charge in [0.1, 0.15) is 5.82 Å². The van der Waals surface area contributed by atoms with Gasteiger partial charge in [-0.2, -0.15) is 0 Å². The van der Waals surface area contributed by atoms with Crippen LogP contribution in [0.4, 0.5) is 15.8 Å². The summed E-state index contributed by atoms with van der Waals surface area (Å²) in [6.07, 6.45) is 0. The zero-order valence-electron chi connectivity index (χ0n) is 15.7. The van der Waals surface area contributed by atoms with E-state index in [0.717, 1.165) is 31.7 Å². The topological polar surface area (TPSA) is 35.6 Å². The van der Waals surface area contributed by atoms with Gasteiger partial charge in [-0.1, -0.05) is 23.8 Å². The van der Waals surface area contributed by atoms with Crippen molar-refractivity contribution in [3.05, 3.63) is 58.9 Å². The van der Waals surface area contributed by atoms with Crippen molar-refractivity contribution >= 4 is 17.3 Å². The molecule has 138 valence electrons. The van der Waals surface area contributed by atoms with E-state index in [4.69, 9.17) is 0 Å². The molecule has 0 spiro atoms. The van der Waals surface area contributed by atoms with Crippen LogP contribution in [0.1, 0.15) is 16.7 Å². The van der Waals surface area contributed by atoms with Crippen LogP contribution in [-0.4, -0.2) is 43.5 Å². The minimum absolute atomic E-state index is 0.0985. The summed E-state index contributed by atoms with van der Waals surface area (Å²) < 4.78 is 13.4. The predicted molar refractivity (Wildman–Crippen MR) is 104 cm³/mol. The smallest absolute Gasteiger partial charge is 0.238 e. The van der Waals surface area contributed by atoms with E-state index in [0.29, 0.717) is 12.2 Å². The van der Waals surface area contributed by atoms with E-state index in [-0.39, 0.29) is 11.7 Å². The first-order valence-corrected chi connectivity index (χ1v) is 9.03. The second kappa shape index (κ2) is 7.87. The molecule has 0 aliphatic carbocycles. The first-order valence-electron chi connectivity index (χ1n) is 9.03. The Kier molecular flexibility index (Phi) is 5.57. The fraction of sp³-hybridized carbons (Fsp3) is 0.381. The van der Waals surface area contributed by atoms with Crippen molar-refractivity contribution in [2.75, 3.05) is 42.9 Å². The van der Waals surface area contributed by atoms with Crippen molar-refractivity contribution in [2.24, 2.45) is 0 Å². The Bertz CT molecular complexity index is 798. The number of nitrogens with one attached hydrogen (secondary N) is 1. The maximum Gasteiger partial charge on any atom is 0.238 e. The van der Waals surface area contributed by atoms with E-state index in [1.165, 1.54) is 28.9 Å². The van der Waals surface area contributed by atoms with Gasteiger partial charge in [0.25, 0.3) is 0 Å². The molecule has 0 saturated carbocycles. The number of hydrogen-bond donors (Lipinski definition) is 1. The maximum absolute atomic E-state index is 13.4.